The largest absolute Gasteiger partial charge is 0.480 e. The van der Waals surface area contributed by atoms with Crippen LogP contribution < -0.4 is 11.1 Å². The molecular weight excluding hydrogens is 208 g/mol. The standard InChI is InChI=1S/C11H22N2O3/c1-3-11(4-2,10(15)16)13-9(14)7-5-6-8-12/h3-8,12H2,1-2H3,(H,13,14)(H,15,16). The lowest BCUT2D eigenvalue weighted by atomic mass is 9.92. The highest BCUT2D eigenvalue weighted by Crippen LogP contribution is 2.15. The van der Waals surface area contributed by atoms with Crippen molar-refractivity contribution in [2.45, 2.75) is 51.5 Å². The number of amides is 1. The van der Waals surface area contributed by atoms with Gasteiger partial charge in [-0.15, -0.1) is 0 Å². The molecule has 0 bridgehead atoms. The van der Waals surface area contributed by atoms with E-state index in [1.54, 1.807) is 13.8 Å². The quantitative estimate of drug-likeness (QED) is 0.539. The van der Waals surface area contributed by atoms with Crippen LogP contribution in [0, 0.1) is 0 Å². The molecule has 0 saturated heterocycles. The third kappa shape index (κ3) is 4.18. The number of nitrogens with one attached hydrogen (secondary N) is 1. The van der Waals surface area contributed by atoms with E-state index in [9.17, 15) is 9.59 Å². The van der Waals surface area contributed by atoms with E-state index < -0.39 is 11.5 Å². The zero-order valence-electron chi connectivity index (χ0n) is 10.1. The molecule has 0 fully saturated rings. The SMILES string of the molecule is CCC(CC)(NC(=O)CCCCN)C(=O)O. The Bertz CT molecular complexity index is 237. The first-order valence-corrected chi connectivity index (χ1v) is 5.76. The highest BCUT2D eigenvalue weighted by molar-refractivity contribution is 5.86. The molecule has 0 saturated carbocycles. The molecule has 0 aliphatic heterocycles. The first-order chi connectivity index (χ1) is 7.52. The van der Waals surface area contributed by atoms with Gasteiger partial charge in [0.15, 0.2) is 0 Å². The van der Waals surface area contributed by atoms with Gasteiger partial charge >= 0.3 is 5.97 Å². The first kappa shape index (κ1) is 14.9. The van der Waals surface area contributed by atoms with Crippen molar-refractivity contribution in [2.24, 2.45) is 5.73 Å². The van der Waals surface area contributed by atoms with Crippen LogP contribution in [-0.4, -0.2) is 29.1 Å². The lowest BCUT2D eigenvalue weighted by Crippen LogP contribution is -2.53. The van der Waals surface area contributed by atoms with Crippen LogP contribution in [-0.2, 0) is 9.59 Å². The van der Waals surface area contributed by atoms with Crippen molar-refractivity contribution in [3.63, 3.8) is 0 Å². The zero-order chi connectivity index (χ0) is 12.6. The van der Waals surface area contributed by atoms with Gasteiger partial charge in [0, 0.05) is 6.42 Å². The molecule has 0 aromatic rings. The van der Waals surface area contributed by atoms with E-state index in [0.29, 0.717) is 32.2 Å². The number of carboxylic acid groups (broad SMARTS) is 1. The number of nitrogens with two attached hydrogens (primary N) is 1. The molecule has 0 unspecified atom stereocenters. The average molecular weight is 230 g/mol. The lowest BCUT2D eigenvalue weighted by molar-refractivity contribution is -0.148. The van der Waals surface area contributed by atoms with Crippen LogP contribution in [0.2, 0.25) is 0 Å². The summed E-state index contributed by atoms with van der Waals surface area (Å²) in [5, 5.41) is 11.7. The van der Waals surface area contributed by atoms with Crippen molar-refractivity contribution in [1.29, 1.82) is 0 Å². The molecule has 0 rings (SSSR count). The molecule has 4 N–H and O–H groups in total. The van der Waals surface area contributed by atoms with Crippen LogP contribution in [0.1, 0.15) is 46.0 Å². The Hall–Kier alpha value is -1.10. The molecule has 0 spiro atoms. The molecule has 16 heavy (non-hydrogen) atoms. The molecule has 0 aliphatic carbocycles. The van der Waals surface area contributed by atoms with E-state index in [4.69, 9.17) is 10.8 Å². The summed E-state index contributed by atoms with van der Waals surface area (Å²) >= 11 is 0. The van der Waals surface area contributed by atoms with Crippen LogP contribution in [0.4, 0.5) is 0 Å². The van der Waals surface area contributed by atoms with Crippen LogP contribution >= 0.6 is 0 Å². The van der Waals surface area contributed by atoms with Gasteiger partial charge in [-0.2, -0.15) is 0 Å². The summed E-state index contributed by atoms with van der Waals surface area (Å²) in [5.41, 5.74) is 4.21. The van der Waals surface area contributed by atoms with Gasteiger partial charge < -0.3 is 16.2 Å². The zero-order valence-corrected chi connectivity index (χ0v) is 10.1. The summed E-state index contributed by atoms with van der Waals surface area (Å²) in [6, 6.07) is 0. The normalized spacial score (nSPS) is 11.2. The fourth-order valence-corrected chi connectivity index (χ4v) is 1.54. The van der Waals surface area contributed by atoms with Crippen LogP contribution in [0.3, 0.4) is 0 Å². The maximum atomic E-state index is 11.5. The van der Waals surface area contributed by atoms with E-state index >= 15 is 0 Å². The fourth-order valence-electron chi connectivity index (χ4n) is 1.54. The van der Waals surface area contributed by atoms with Crippen LogP contribution in [0.15, 0.2) is 0 Å². The van der Waals surface area contributed by atoms with Gasteiger partial charge in [0.1, 0.15) is 5.54 Å². The highest BCUT2D eigenvalue weighted by atomic mass is 16.4. The molecule has 0 aliphatic rings. The molecule has 94 valence electrons. The average Bonchev–Trinajstić information content (AvgIpc) is 2.26. The van der Waals surface area contributed by atoms with Crippen molar-refractivity contribution in [2.75, 3.05) is 6.54 Å². The summed E-state index contributed by atoms with van der Waals surface area (Å²) in [6.45, 7) is 4.08. The van der Waals surface area contributed by atoms with Gasteiger partial charge in [-0.05, 0) is 32.2 Å². The third-order valence-electron chi connectivity index (χ3n) is 2.85. The number of hydrogen-bond acceptors (Lipinski definition) is 3. The van der Waals surface area contributed by atoms with E-state index in [-0.39, 0.29) is 5.91 Å². The number of aliphatic carboxylic acids is 1. The second-order valence-corrected chi connectivity index (χ2v) is 3.89. The van der Waals surface area contributed by atoms with E-state index in [1.165, 1.54) is 0 Å². The summed E-state index contributed by atoms with van der Waals surface area (Å²) in [4.78, 5) is 22.7. The number of rotatable bonds is 8. The number of carbonyl (C=O) groups excluding carboxylic acids is 1. The highest BCUT2D eigenvalue weighted by Gasteiger charge is 2.35. The van der Waals surface area contributed by atoms with Crippen LogP contribution in [0.5, 0.6) is 0 Å². The molecule has 0 atom stereocenters. The van der Waals surface area contributed by atoms with Gasteiger partial charge in [-0.3, -0.25) is 4.79 Å². The Morgan fingerprint density at radius 1 is 1.25 bits per heavy atom. The predicted molar refractivity (Wildman–Crippen MR) is 62.0 cm³/mol. The van der Waals surface area contributed by atoms with E-state index in [2.05, 4.69) is 5.32 Å². The number of unbranched alkanes of at least 4 members (excludes halogenated alkanes) is 1. The lowest BCUT2D eigenvalue weighted by Gasteiger charge is -2.28. The van der Waals surface area contributed by atoms with Gasteiger partial charge in [0.25, 0.3) is 0 Å². The van der Waals surface area contributed by atoms with Crippen molar-refractivity contribution in [3.8, 4) is 0 Å². The summed E-state index contributed by atoms with van der Waals surface area (Å²) < 4.78 is 0. The number of hydrogen-bond donors (Lipinski definition) is 3. The van der Waals surface area contributed by atoms with Crippen molar-refractivity contribution in [1.82, 2.24) is 5.32 Å². The molecule has 0 aromatic carbocycles. The molecule has 1 amide bonds. The first-order valence-electron chi connectivity index (χ1n) is 5.76. The Kier molecular flexibility index (Phi) is 6.72. The number of carboxylic acids is 1. The maximum absolute atomic E-state index is 11.5. The van der Waals surface area contributed by atoms with E-state index in [0.717, 1.165) is 6.42 Å². The Balaban J connectivity index is 4.29. The topological polar surface area (TPSA) is 92.4 Å². The molecule has 5 heteroatoms. The molecule has 5 nitrogen and oxygen atoms in total. The van der Waals surface area contributed by atoms with Crippen LogP contribution in [0.25, 0.3) is 0 Å². The maximum Gasteiger partial charge on any atom is 0.329 e. The van der Waals surface area contributed by atoms with Crippen molar-refractivity contribution >= 4 is 11.9 Å². The smallest absolute Gasteiger partial charge is 0.329 e. The predicted octanol–water partition coefficient (Wildman–Crippen LogP) is 0.875. The molecule has 0 radical (unpaired) electrons. The van der Waals surface area contributed by atoms with Gasteiger partial charge in [0.2, 0.25) is 5.91 Å². The van der Waals surface area contributed by atoms with E-state index in [1.807, 2.05) is 0 Å². The van der Waals surface area contributed by atoms with Crippen molar-refractivity contribution < 1.29 is 14.7 Å². The minimum absolute atomic E-state index is 0.209. The Labute approximate surface area is 96.4 Å². The van der Waals surface area contributed by atoms with Gasteiger partial charge in [-0.1, -0.05) is 13.8 Å². The second kappa shape index (κ2) is 7.22. The molecular formula is C11H22N2O3. The molecule has 0 heterocycles. The monoisotopic (exact) mass is 230 g/mol. The Morgan fingerprint density at radius 3 is 2.19 bits per heavy atom. The fraction of sp³-hybridized carbons (Fsp3) is 0.818. The van der Waals surface area contributed by atoms with Gasteiger partial charge in [-0.25, -0.2) is 4.79 Å². The Morgan fingerprint density at radius 2 is 1.81 bits per heavy atom. The molecule has 0 aromatic heterocycles. The van der Waals surface area contributed by atoms with Gasteiger partial charge in [0.05, 0.1) is 0 Å². The minimum atomic E-state index is -1.11. The summed E-state index contributed by atoms with van der Waals surface area (Å²) in [5.74, 6) is -1.18. The summed E-state index contributed by atoms with van der Waals surface area (Å²) in [6.07, 6.45) is 2.60. The third-order valence-corrected chi connectivity index (χ3v) is 2.85. The second-order valence-electron chi connectivity index (χ2n) is 3.89. The summed E-state index contributed by atoms with van der Waals surface area (Å²) in [7, 11) is 0. The minimum Gasteiger partial charge on any atom is -0.480 e. The van der Waals surface area contributed by atoms with Crippen molar-refractivity contribution in [3.05, 3.63) is 0 Å². The number of carbonyl (C=O) groups is 2.